The van der Waals surface area contributed by atoms with E-state index in [2.05, 4.69) is 6.92 Å². The molecule has 0 bridgehead atoms. The van der Waals surface area contributed by atoms with Crippen molar-refractivity contribution in [3.63, 3.8) is 0 Å². The number of rotatable bonds is 2. The molecule has 1 aliphatic rings. The molecule has 1 heterocycles. The van der Waals surface area contributed by atoms with Gasteiger partial charge in [-0.25, -0.2) is 4.39 Å². The summed E-state index contributed by atoms with van der Waals surface area (Å²) in [7, 11) is 1.62. The highest BCUT2D eigenvalue weighted by molar-refractivity contribution is 5.67. The summed E-state index contributed by atoms with van der Waals surface area (Å²) in [5, 5.41) is 0. The standard InChI is InChI=1S/C16H14FO2/c1-10-7-13-8-12(9-15(17)16(13)19-10)11-3-5-14(18-2)6-4-11/h3-6,8-10H,1,7H2,2H3. The number of ether oxygens (including phenoxy) is 2. The number of methoxy groups -OCH3 is 1. The third-order valence-corrected chi connectivity index (χ3v) is 3.28. The fourth-order valence-corrected chi connectivity index (χ4v) is 2.34. The first-order valence-corrected chi connectivity index (χ1v) is 6.14. The summed E-state index contributed by atoms with van der Waals surface area (Å²) in [4.78, 5) is 0. The lowest BCUT2D eigenvalue weighted by Gasteiger charge is -2.07. The van der Waals surface area contributed by atoms with Crippen LogP contribution in [0.1, 0.15) is 5.56 Å². The Morgan fingerprint density at radius 1 is 1.21 bits per heavy atom. The summed E-state index contributed by atoms with van der Waals surface area (Å²) >= 11 is 0. The van der Waals surface area contributed by atoms with Gasteiger partial charge in [-0.2, -0.15) is 0 Å². The van der Waals surface area contributed by atoms with Crippen LogP contribution in [0.15, 0.2) is 36.4 Å². The molecule has 1 atom stereocenters. The fourth-order valence-electron chi connectivity index (χ4n) is 2.34. The molecule has 19 heavy (non-hydrogen) atoms. The van der Waals surface area contributed by atoms with E-state index >= 15 is 0 Å². The van der Waals surface area contributed by atoms with E-state index in [0.29, 0.717) is 12.2 Å². The van der Waals surface area contributed by atoms with Crippen LogP contribution in [0, 0.1) is 12.7 Å². The number of hydrogen-bond acceptors (Lipinski definition) is 2. The van der Waals surface area contributed by atoms with Crippen LogP contribution in [0.4, 0.5) is 4.39 Å². The molecule has 1 unspecified atom stereocenters. The van der Waals surface area contributed by atoms with Crippen LogP contribution in [0.25, 0.3) is 11.1 Å². The summed E-state index contributed by atoms with van der Waals surface area (Å²) in [5.41, 5.74) is 2.68. The average Bonchev–Trinajstić information content (AvgIpc) is 2.80. The Morgan fingerprint density at radius 3 is 2.63 bits per heavy atom. The maximum absolute atomic E-state index is 14.0. The maximum Gasteiger partial charge on any atom is 0.165 e. The topological polar surface area (TPSA) is 18.5 Å². The monoisotopic (exact) mass is 257 g/mol. The van der Waals surface area contributed by atoms with Gasteiger partial charge in [-0.15, -0.1) is 0 Å². The molecule has 0 N–H and O–H groups in total. The Bertz CT molecular complexity index is 605. The van der Waals surface area contributed by atoms with E-state index in [1.807, 2.05) is 30.3 Å². The van der Waals surface area contributed by atoms with Crippen LogP contribution in [-0.4, -0.2) is 13.2 Å². The SMILES string of the molecule is [CH2]C1Cc2cc(-c3ccc(OC)cc3)cc(F)c2O1. The Labute approximate surface area is 111 Å². The Hall–Kier alpha value is -2.03. The number of hydrogen-bond donors (Lipinski definition) is 0. The number of fused-ring (bicyclic) bond motifs is 1. The molecule has 0 spiro atoms. The molecule has 0 saturated heterocycles. The predicted molar refractivity (Wildman–Crippen MR) is 71.9 cm³/mol. The molecule has 2 nitrogen and oxygen atoms in total. The second-order valence-electron chi connectivity index (χ2n) is 4.62. The molecule has 3 rings (SSSR count). The van der Waals surface area contributed by atoms with Crippen molar-refractivity contribution >= 4 is 0 Å². The molecule has 3 heteroatoms. The van der Waals surface area contributed by atoms with Crippen molar-refractivity contribution in [3.05, 3.63) is 54.7 Å². The summed E-state index contributed by atoms with van der Waals surface area (Å²) in [5.74, 6) is 0.804. The van der Waals surface area contributed by atoms with Gasteiger partial charge in [0.2, 0.25) is 0 Å². The average molecular weight is 257 g/mol. The molecule has 0 aliphatic carbocycles. The summed E-state index contributed by atoms with van der Waals surface area (Å²) < 4.78 is 24.5. The van der Waals surface area contributed by atoms with Gasteiger partial charge < -0.3 is 9.47 Å². The summed E-state index contributed by atoms with van der Waals surface area (Å²) in [6.07, 6.45) is 0.451. The van der Waals surface area contributed by atoms with Crippen molar-refractivity contribution in [2.75, 3.05) is 7.11 Å². The Balaban J connectivity index is 2.01. The minimum absolute atomic E-state index is 0.199. The molecule has 97 valence electrons. The van der Waals surface area contributed by atoms with Crippen molar-refractivity contribution < 1.29 is 13.9 Å². The van der Waals surface area contributed by atoms with Gasteiger partial charge in [0.1, 0.15) is 11.9 Å². The minimum atomic E-state index is -0.325. The van der Waals surface area contributed by atoms with Crippen LogP contribution in [0.5, 0.6) is 11.5 Å². The van der Waals surface area contributed by atoms with E-state index in [9.17, 15) is 4.39 Å². The highest BCUT2D eigenvalue weighted by atomic mass is 19.1. The smallest absolute Gasteiger partial charge is 0.165 e. The van der Waals surface area contributed by atoms with Crippen LogP contribution >= 0.6 is 0 Å². The van der Waals surface area contributed by atoms with Crippen molar-refractivity contribution in [1.29, 1.82) is 0 Å². The lowest BCUT2D eigenvalue weighted by Crippen LogP contribution is -2.06. The van der Waals surface area contributed by atoms with Gasteiger partial charge in [-0.1, -0.05) is 12.1 Å². The normalized spacial score (nSPS) is 16.9. The van der Waals surface area contributed by atoms with Crippen molar-refractivity contribution in [1.82, 2.24) is 0 Å². The molecule has 2 aromatic carbocycles. The maximum atomic E-state index is 14.0. The van der Waals surface area contributed by atoms with Crippen LogP contribution < -0.4 is 9.47 Å². The first kappa shape index (κ1) is 12.0. The van der Waals surface area contributed by atoms with Crippen molar-refractivity contribution in [2.24, 2.45) is 0 Å². The highest BCUT2D eigenvalue weighted by Gasteiger charge is 2.23. The highest BCUT2D eigenvalue weighted by Crippen LogP contribution is 2.35. The summed E-state index contributed by atoms with van der Waals surface area (Å²) in [6, 6.07) is 11.0. The lowest BCUT2D eigenvalue weighted by molar-refractivity contribution is 0.269. The third kappa shape index (κ3) is 2.16. The van der Waals surface area contributed by atoms with E-state index in [1.54, 1.807) is 7.11 Å². The molecule has 1 radical (unpaired) electrons. The minimum Gasteiger partial charge on any atom is -0.497 e. The van der Waals surface area contributed by atoms with Crippen LogP contribution in [0.2, 0.25) is 0 Å². The second-order valence-corrected chi connectivity index (χ2v) is 4.62. The zero-order valence-corrected chi connectivity index (χ0v) is 10.7. The van der Waals surface area contributed by atoms with Crippen LogP contribution in [0.3, 0.4) is 0 Å². The van der Waals surface area contributed by atoms with Gasteiger partial charge in [0, 0.05) is 12.0 Å². The summed E-state index contributed by atoms with van der Waals surface area (Å²) in [6.45, 7) is 3.81. The van der Waals surface area contributed by atoms with Crippen molar-refractivity contribution in [3.8, 4) is 22.6 Å². The van der Waals surface area contributed by atoms with Crippen molar-refractivity contribution in [2.45, 2.75) is 12.5 Å². The van der Waals surface area contributed by atoms with Gasteiger partial charge in [-0.05, 0) is 42.3 Å². The second kappa shape index (κ2) is 4.57. The van der Waals surface area contributed by atoms with Gasteiger partial charge in [-0.3, -0.25) is 0 Å². The largest absolute Gasteiger partial charge is 0.497 e. The first-order chi connectivity index (χ1) is 9.17. The Morgan fingerprint density at radius 2 is 1.95 bits per heavy atom. The number of halogens is 1. The lowest BCUT2D eigenvalue weighted by atomic mass is 10.0. The van der Waals surface area contributed by atoms with E-state index in [0.717, 1.165) is 22.4 Å². The van der Waals surface area contributed by atoms with E-state index in [4.69, 9.17) is 9.47 Å². The first-order valence-electron chi connectivity index (χ1n) is 6.14. The third-order valence-electron chi connectivity index (χ3n) is 3.28. The molecular weight excluding hydrogens is 243 g/mol. The van der Waals surface area contributed by atoms with E-state index in [1.165, 1.54) is 6.07 Å². The molecular formula is C16H14FO2. The molecule has 0 fully saturated rings. The molecule has 2 aromatic rings. The van der Waals surface area contributed by atoms with E-state index < -0.39 is 0 Å². The van der Waals surface area contributed by atoms with Gasteiger partial charge in [0.25, 0.3) is 0 Å². The zero-order chi connectivity index (χ0) is 13.4. The fraction of sp³-hybridized carbons (Fsp3) is 0.188. The molecule has 0 amide bonds. The van der Waals surface area contributed by atoms with Gasteiger partial charge >= 0.3 is 0 Å². The van der Waals surface area contributed by atoms with Gasteiger partial charge in [0.15, 0.2) is 11.6 Å². The molecule has 1 aliphatic heterocycles. The zero-order valence-electron chi connectivity index (χ0n) is 10.7. The quantitative estimate of drug-likeness (QED) is 0.817. The number of benzene rings is 2. The molecule has 0 aromatic heterocycles. The van der Waals surface area contributed by atoms with E-state index in [-0.39, 0.29) is 11.9 Å². The van der Waals surface area contributed by atoms with Gasteiger partial charge in [0.05, 0.1) is 7.11 Å². The predicted octanol–water partition coefficient (Wildman–Crippen LogP) is 3.64. The Kier molecular flexibility index (Phi) is 2.90. The molecule has 0 saturated carbocycles. The van der Waals surface area contributed by atoms with Crippen LogP contribution in [-0.2, 0) is 6.42 Å².